The Morgan fingerprint density at radius 3 is 2.38 bits per heavy atom. The molecule has 48 valence electrons. The van der Waals surface area contributed by atoms with Gasteiger partial charge in [0.15, 0.2) is 0 Å². The van der Waals surface area contributed by atoms with Gasteiger partial charge in [-0.05, 0) is 13.3 Å². The van der Waals surface area contributed by atoms with Crippen LogP contribution in [0.15, 0.2) is 0 Å². The molecule has 0 saturated carbocycles. The number of rotatable bonds is 2. The molecule has 1 saturated heterocycles. The van der Waals surface area contributed by atoms with E-state index >= 15 is 0 Å². The average molecular weight is 149 g/mol. The average Bonchev–Trinajstić information content (AvgIpc) is 1.62. The quantitative estimate of drug-likeness (QED) is 0.469. The Bertz CT molecular complexity index is 70.1. The number of thiol groups is 1. The fraction of sp³-hybridized carbons (Fsp3) is 1.00. The number of hydrogen-bond acceptors (Lipinski definition) is 3. The summed E-state index contributed by atoms with van der Waals surface area (Å²) in [5.74, 6) is 0. The van der Waals surface area contributed by atoms with Gasteiger partial charge in [-0.25, -0.2) is 0 Å². The fourth-order valence-electron chi connectivity index (χ4n) is 0.771. The maximum atomic E-state index is 4.12. The molecule has 8 heavy (non-hydrogen) atoms. The molecule has 1 aliphatic heterocycles. The summed E-state index contributed by atoms with van der Waals surface area (Å²) in [4.78, 5) is 2.41. The van der Waals surface area contributed by atoms with Gasteiger partial charge in [-0.3, -0.25) is 4.90 Å². The van der Waals surface area contributed by atoms with Gasteiger partial charge in [0.05, 0.1) is 5.37 Å². The van der Waals surface area contributed by atoms with E-state index in [-0.39, 0.29) is 0 Å². The molecule has 0 aromatic heterocycles. The van der Waals surface area contributed by atoms with Crippen molar-refractivity contribution < 1.29 is 0 Å². The Morgan fingerprint density at radius 2 is 2.25 bits per heavy atom. The van der Waals surface area contributed by atoms with Crippen LogP contribution < -0.4 is 0 Å². The predicted octanol–water partition coefficient (Wildman–Crippen LogP) is 1.62. The van der Waals surface area contributed by atoms with Crippen LogP contribution in [0.5, 0.6) is 0 Å². The van der Waals surface area contributed by atoms with E-state index in [1.807, 2.05) is 0 Å². The second-order valence-electron chi connectivity index (χ2n) is 2.09. The summed E-state index contributed by atoms with van der Waals surface area (Å²) in [7, 11) is 1.63. The van der Waals surface area contributed by atoms with Crippen molar-refractivity contribution in [3.63, 3.8) is 0 Å². The van der Waals surface area contributed by atoms with Crippen molar-refractivity contribution in [2.45, 2.75) is 18.7 Å². The molecule has 1 unspecified atom stereocenters. The van der Waals surface area contributed by atoms with E-state index in [9.17, 15) is 0 Å². The number of nitrogens with zero attached hydrogens (tertiary/aromatic N) is 1. The standard InChI is InChI=1S/C5H11NS2/c1-5(8-7)6-3-2-4-6/h5,7H,2-4H2,1H3. The van der Waals surface area contributed by atoms with E-state index in [1.165, 1.54) is 19.5 Å². The molecule has 0 aliphatic carbocycles. The van der Waals surface area contributed by atoms with Gasteiger partial charge in [0.25, 0.3) is 0 Å². The molecular weight excluding hydrogens is 138 g/mol. The Morgan fingerprint density at radius 1 is 1.62 bits per heavy atom. The first kappa shape index (κ1) is 6.78. The SMILES string of the molecule is CC(SS)N1CCC1. The zero-order chi connectivity index (χ0) is 5.98. The highest BCUT2D eigenvalue weighted by Gasteiger charge is 2.18. The molecular formula is C5H11NS2. The molecule has 3 heteroatoms. The van der Waals surface area contributed by atoms with E-state index < -0.39 is 0 Å². The van der Waals surface area contributed by atoms with Crippen molar-refractivity contribution in [2.24, 2.45) is 0 Å². The Labute approximate surface area is 59.6 Å². The van der Waals surface area contributed by atoms with Crippen LogP contribution in [-0.2, 0) is 0 Å². The summed E-state index contributed by atoms with van der Waals surface area (Å²) in [5.41, 5.74) is 0. The molecule has 1 fully saturated rings. The maximum Gasteiger partial charge on any atom is 0.0630 e. The molecule has 0 amide bonds. The summed E-state index contributed by atoms with van der Waals surface area (Å²) in [6, 6.07) is 0. The first-order chi connectivity index (χ1) is 3.84. The molecule has 1 rings (SSSR count). The van der Waals surface area contributed by atoms with Crippen LogP contribution in [0.3, 0.4) is 0 Å². The minimum Gasteiger partial charge on any atom is -0.291 e. The molecule has 0 radical (unpaired) electrons. The molecule has 1 aliphatic rings. The third kappa shape index (κ3) is 1.33. The summed E-state index contributed by atoms with van der Waals surface area (Å²) < 4.78 is 0. The molecule has 1 nitrogen and oxygen atoms in total. The topological polar surface area (TPSA) is 3.24 Å². The second kappa shape index (κ2) is 2.99. The normalized spacial score (nSPS) is 24.8. The van der Waals surface area contributed by atoms with Crippen LogP contribution >= 0.6 is 22.5 Å². The monoisotopic (exact) mass is 149 g/mol. The van der Waals surface area contributed by atoms with E-state index in [0.717, 1.165) is 0 Å². The van der Waals surface area contributed by atoms with E-state index in [1.54, 1.807) is 10.8 Å². The lowest BCUT2D eigenvalue weighted by atomic mass is 10.2. The zero-order valence-corrected chi connectivity index (χ0v) is 6.71. The summed E-state index contributed by atoms with van der Waals surface area (Å²) in [6.45, 7) is 4.74. The van der Waals surface area contributed by atoms with Crippen LogP contribution in [0.4, 0.5) is 0 Å². The van der Waals surface area contributed by atoms with Crippen molar-refractivity contribution in [1.82, 2.24) is 4.90 Å². The van der Waals surface area contributed by atoms with Crippen molar-refractivity contribution in [2.75, 3.05) is 13.1 Å². The van der Waals surface area contributed by atoms with Crippen molar-refractivity contribution >= 4 is 22.5 Å². The first-order valence-electron chi connectivity index (χ1n) is 2.89. The Hall–Kier alpha value is 0.660. The van der Waals surface area contributed by atoms with Gasteiger partial charge >= 0.3 is 0 Å². The highest BCUT2D eigenvalue weighted by Crippen LogP contribution is 2.22. The number of hydrogen-bond donors (Lipinski definition) is 1. The van der Waals surface area contributed by atoms with Crippen LogP contribution in [0.1, 0.15) is 13.3 Å². The van der Waals surface area contributed by atoms with Gasteiger partial charge in [-0.1, -0.05) is 10.8 Å². The maximum absolute atomic E-state index is 4.12. The summed E-state index contributed by atoms with van der Waals surface area (Å²) in [6.07, 6.45) is 1.37. The van der Waals surface area contributed by atoms with Crippen LogP contribution in [0.25, 0.3) is 0 Å². The lowest BCUT2D eigenvalue weighted by Gasteiger charge is -2.34. The minimum atomic E-state index is 0.618. The number of likely N-dealkylation sites (tertiary alicyclic amines) is 1. The van der Waals surface area contributed by atoms with E-state index in [2.05, 4.69) is 23.5 Å². The molecule has 0 bridgehead atoms. The molecule has 0 aromatic rings. The van der Waals surface area contributed by atoms with Crippen LogP contribution in [0, 0.1) is 0 Å². The molecule has 1 atom stereocenters. The third-order valence-corrected chi connectivity index (χ3v) is 3.08. The predicted molar refractivity (Wildman–Crippen MR) is 42.2 cm³/mol. The lowest BCUT2D eigenvalue weighted by molar-refractivity contribution is 0.175. The second-order valence-corrected chi connectivity index (χ2v) is 3.62. The largest absolute Gasteiger partial charge is 0.291 e. The molecule has 1 heterocycles. The van der Waals surface area contributed by atoms with Crippen molar-refractivity contribution in [1.29, 1.82) is 0 Å². The van der Waals surface area contributed by atoms with Crippen molar-refractivity contribution in [3.05, 3.63) is 0 Å². The van der Waals surface area contributed by atoms with Crippen molar-refractivity contribution in [3.8, 4) is 0 Å². The molecule has 0 aromatic carbocycles. The lowest BCUT2D eigenvalue weighted by Crippen LogP contribution is -2.41. The van der Waals surface area contributed by atoms with Gasteiger partial charge < -0.3 is 0 Å². The first-order valence-corrected chi connectivity index (χ1v) is 4.82. The minimum absolute atomic E-state index is 0.618. The van der Waals surface area contributed by atoms with Crippen LogP contribution in [-0.4, -0.2) is 23.4 Å². The third-order valence-electron chi connectivity index (χ3n) is 1.56. The summed E-state index contributed by atoms with van der Waals surface area (Å²) >= 11 is 4.12. The summed E-state index contributed by atoms with van der Waals surface area (Å²) in [5, 5.41) is 0.618. The molecule has 0 N–H and O–H groups in total. The van der Waals surface area contributed by atoms with E-state index in [4.69, 9.17) is 0 Å². The Kier molecular flexibility index (Phi) is 2.53. The van der Waals surface area contributed by atoms with Gasteiger partial charge in [0.1, 0.15) is 0 Å². The Balaban J connectivity index is 2.13. The van der Waals surface area contributed by atoms with Gasteiger partial charge in [-0.2, -0.15) is 0 Å². The highest BCUT2D eigenvalue weighted by atomic mass is 33.1. The fourth-order valence-corrected chi connectivity index (χ4v) is 1.52. The van der Waals surface area contributed by atoms with E-state index in [0.29, 0.717) is 5.37 Å². The van der Waals surface area contributed by atoms with Gasteiger partial charge in [0.2, 0.25) is 0 Å². The highest BCUT2D eigenvalue weighted by molar-refractivity contribution is 8.68. The van der Waals surface area contributed by atoms with Gasteiger partial charge in [0, 0.05) is 13.1 Å². The smallest absolute Gasteiger partial charge is 0.0630 e. The van der Waals surface area contributed by atoms with Gasteiger partial charge in [-0.15, -0.1) is 11.7 Å². The van der Waals surface area contributed by atoms with Crippen LogP contribution in [0.2, 0.25) is 0 Å². The molecule has 0 spiro atoms. The zero-order valence-electron chi connectivity index (χ0n) is 5.00.